The number of thiocarbonyl (C=S) groups is 1. The van der Waals surface area contributed by atoms with E-state index in [2.05, 4.69) is 15.2 Å². The highest BCUT2D eigenvalue weighted by atomic mass is 32.1. The van der Waals surface area contributed by atoms with Gasteiger partial charge in [-0.3, -0.25) is 4.90 Å². The topological polar surface area (TPSA) is 46.6 Å². The Morgan fingerprint density at radius 3 is 2.91 bits per heavy atom. The standard InChI is InChI=1S/C15H23N3O2S2/c1-19-15(13-9-22-11-17-13,10-18-4-6-20-7-5-18)14(21)16-8-12-2-3-12/h9,11-12H,2-8,10H2,1H3,(H,16,21). The van der Waals surface area contributed by atoms with Gasteiger partial charge in [0.15, 0.2) is 5.60 Å². The van der Waals surface area contributed by atoms with Crippen molar-refractivity contribution in [2.75, 3.05) is 46.5 Å². The number of nitrogens with zero attached hydrogens (tertiary/aromatic N) is 2. The lowest BCUT2D eigenvalue weighted by atomic mass is 9.98. The van der Waals surface area contributed by atoms with Crippen molar-refractivity contribution in [2.45, 2.75) is 18.4 Å². The van der Waals surface area contributed by atoms with Gasteiger partial charge in [-0.05, 0) is 18.8 Å². The molecule has 1 saturated carbocycles. The minimum absolute atomic E-state index is 0.665. The van der Waals surface area contributed by atoms with Gasteiger partial charge in [-0.15, -0.1) is 11.3 Å². The number of hydrogen-bond acceptors (Lipinski definition) is 6. The van der Waals surface area contributed by atoms with E-state index in [1.54, 1.807) is 18.4 Å². The van der Waals surface area contributed by atoms with E-state index >= 15 is 0 Å². The van der Waals surface area contributed by atoms with Crippen molar-refractivity contribution in [3.05, 3.63) is 16.6 Å². The first-order valence-corrected chi connectivity index (χ1v) is 9.12. The number of nitrogens with one attached hydrogen (secondary N) is 1. The molecular formula is C15H23N3O2S2. The highest BCUT2D eigenvalue weighted by Gasteiger charge is 2.41. The lowest BCUT2D eigenvalue weighted by molar-refractivity contribution is -0.0252. The van der Waals surface area contributed by atoms with Crippen LogP contribution < -0.4 is 5.32 Å². The van der Waals surface area contributed by atoms with Crippen LogP contribution in [-0.2, 0) is 15.1 Å². The van der Waals surface area contributed by atoms with E-state index in [0.29, 0.717) is 6.54 Å². The molecule has 2 fully saturated rings. The molecule has 5 nitrogen and oxygen atoms in total. The first kappa shape index (κ1) is 16.3. The molecule has 1 N–H and O–H groups in total. The van der Waals surface area contributed by atoms with Gasteiger partial charge in [0.05, 0.1) is 24.4 Å². The monoisotopic (exact) mass is 341 g/mol. The van der Waals surface area contributed by atoms with Crippen LogP contribution >= 0.6 is 23.6 Å². The largest absolute Gasteiger partial charge is 0.379 e. The second kappa shape index (κ2) is 7.31. The van der Waals surface area contributed by atoms with Gasteiger partial charge in [-0.2, -0.15) is 0 Å². The zero-order valence-electron chi connectivity index (χ0n) is 12.9. The van der Waals surface area contributed by atoms with Gasteiger partial charge in [-0.1, -0.05) is 12.2 Å². The Bertz CT molecular complexity index is 487. The molecule has 3 rings (SSSR count). The van der Waals surface area contributed by atoms with Crippen molar-refractivity contribution in [3.63, 3.8) is 0 Å². The average Bonchev–Trinajstić information content (AvgIpc) is 3.22. The summed E-state index contributed by atoms with van der Waals surface area (Å²) < 4.78 is 11.4. The molecule has 1 aromatic rings. The number of thiazole rings is 1. The third-order valence-corrected chi connectivity index (χ3v) is 5.42. The second-order valence-corrected chi connectivity index (χ2v) is 7.07. The van der Waals surface area contributed by atoms with E-state index in [1.165, 1.54) is 12.8 Å². The summed E-state index contributed by atoms with van der Waals surface area (Å²) in [5, 5.41) is 5.46. The van der Waals surface area contributed by atoms with Crippen LogP contribution in [-0.4, -0.2) is 61.4 Å². The van der Waals surface area contributed by atoms with Crippen LogP contribution in [0.2, 0.25) is 0 Å². The zero-order chi connectivity index (χ0) is 15.4. The Morgan fingerprint density at radius 1 is 1.55 bits per heavy atom. The first-order valence-electron chi connectivity index (χ1n) is 7.77. The van der Waals surface area contributed by atoms with Crippen LogP contribution in [0.5, 0.6) is 0 Å². The fourth-order valence-electron chi connectivity index (χ4n) is 2.72. The molecule has 1 aliphatic heterocycles. The predicted octanol–water partition coefficient (Wildman–Crippen LogP) is 1.64. The summed E-state index contributed by atoms with van der Waals surface area (Å²) in [6, 6.07) is 0. The van der Waals surface area contributed by atoms with Gasteiger partial charge in [0, 0.05) is 38.7 Å². The summed E-state index contributed by atoms with van der Waals surface area (Å²) in [4.78, 5) is 7.59. The van der Waals surface area contributed by atoms with Crippen molar-refractivity contribution < 1.29 is 9.47 Å². The quantitative estimate of drug-likeness (QED) is 0.761. The smallest absolute Gasteiger partial charge is 0.172 e. The van der Waals surface area contributed by atoms with Crippen LogP contribution in [0.15, 0.2) is 10.9 Å². The maximum atomic E-state index is 5.96. The third-order valence-electron chi connectivity index (χ3n) is 4.36. The Labute approximate surface area is 141 Å². The summed E-state index contributed by atoms with van der Waals surface area (Å²) >= 11 is 7.30. The molecule has 1 saturated heterocycles. The highest BCUT2D eigenvalue weighted by molar-refractivity contribution is 7.80. The minimum atomic E-state index is -0.665. The molecule has 0 radical (unpaired) electrons. The molecule has 0 aromatic carbocycles. The van der Waals surface area contributed by atoms with Gasteiger partial charge < -0.3 is 14.8 Å². The van der Waals surface area contributed by atoms with Gasteiger partial charge >= 0.3 is 0 Å². The molecule has 0 bridgehead atoms. The Hall–Kier alpha value is -0.600. The van der Waals surface area contributed by atoms with Crippen LogP contribution in [0.4, 0.5) is 0 Å². The number of methoxy groups -OCH3 is 1. The van der Waals surface area contributed by atoms with Crippen LogP contribution in [0, 0.1) is 5.92 Å². The lowest BCUT2D eigenvalue weighted by Gasteiger charge is -2.38. The number of ether oxygens (including phenoxy) is 2. The molecule has 122 valence electrons. The Morgan fingerprint density at radius 2 is 2.32 bits per heavy atom. The highest BCUT2D eigenvalue weighted by Crippen LogP contribution is 2.31. The Balaban J connectivity index is 1.77. The van der Waals surface area contributed by atoms with Crippen molar-refractivity contribution in [2.24, 2.45) is 5.92 Å². The fourth-order valence-corrected chi connectivity index (χ4v) is 3.67. The maximum absolute atomic E-state index is 5.96. The molecular weight excluding hydrogens is 318 g/mol. The predicted molar refractivity (Wildman–Crippen MR) is 91.4 cm³/mol. The molecule has 2 aliphatic rings. The summed E-state index contributed by atoms with van der Waals surface area (Å²) in [7, 11) is 1.73. The number of morpholine rings is 1. The Kier molecular flexibility index (Phi) is 5.41. The first-order chi connectivity index (χ1) is 10.7. The maximum Gasteiger partial charge on any atom is 0.172 e. The zero-order valence-corrected chi connectivity index (χ0v) is 14.5. The van der Waals surface area contributed by atoms with E-state index in [0.717, 1.165) is 49.4 Å². The van der Waals surface area contributed by atoms with E-state index in [9.17, 15) is 0 Å². The summed E-state index contributed by atoms with van der Waals surface area (Å²) in [5.74, 6) is 0.770. The van der Waals surface area contributed by atoms with Gasteiger partial charge in [0.25, 0.3) is 0 Å². The summed E-state index contributed by atoms with van der Waals surface area (Å²) in [6.45, 7) is 4.99. The van der Waals surface area contributed by atoms with Gasteiger partial charge in [0.2, 0.25) is 0 Å². The lowest BCUT2D eigenvalue weighted by Crippen LogP contribution is -2.54. The van der Waals surface area contributed by atoms with E-state index in [-0.39, 0.29) is 0 Å². The molecule has 22 heavy (non-hydrogen) atoms. The van der Waals surface area contributed by atoms with E-state index in [4.69, 9.17) is 21.7 Å². The van der Waals surface area contributed by atoms with Crippen molar-refractivity contribution in [1.29, 1.82) is 0 Å². The van der Waals surface area contributed by atoms with Crippen LogP contribution in [0.3, 0.4) is 0 Å². The second-order valence-electron chi connectivity index (χ2n) is 5.95. The number of hydrogen-bond donors (Lipinski definition) is 1. The van der Waals surface area contributed by atoms with Crippen LogP contribution in [0.25, 0.3) is 0 Å². The SMILES string of the molecule is COC(CN1CCOCC1)(C(=S)NCC1CC1)c1cscn1. The molecule has 0 spiro atoms. The molecule has 1 atom stereocenters. The molecule has 7 heteroatoms. The van der Waals surface area contributed by atoms with E-state index < -0.39 is 5.60 Å². The molecule has 2 heterocycles. The fraction of sp³-hybridized carbons (Fsp3) is 0.733. The van der Waals surface area contributed by atoms with Crippen molar-refractivity contribution in [3.8, 4) is 0 Å². The molecule has 1 aromatic heterocycles. The normalized spacial score (nSPS) is 22.2. The third kappa shape index (κ3) is 3.65. The van der Waals surface area contributed by atoms with Gasteiger partial charge in [0.1, 0.15) is 4.99 Å². The molecule has 1 aliphatic carbocycles. The van der Waals surface area contributed by atoms with Gasteiger partial charge in [-0.25, -0.2) is 4.98 Å². The average molecular weight is 342 g/mol. The molecule has 0 amide bonds. The van der Waals surface area contributed by atoms with E-state index in [1.807, 2.05) is 10.9 Å². The number of aromatic nitrogens is 1. The van der Waals surface area contributed by atoms with Crippen LogP contribution in [0.1, 0.15) is 18.5 Å². The van der Waals surface area contributed by atoms with Crippen molar-refractivity contribution >= 4 is 28.5 Å². The summed E-state index contributed by atoms with van der Waals surface area (Å²) in [6.07, 6.45) is 2.60. The molecule has 1 unspecified atom stereocenters. The summed E-state index contributed by atoms with van der Waals surface area (Å²) in [5.41, 5.74) is 2.08. The van der Waals surface area contributed by atoms with Crippen molar-refractivity contribution in [1.82, 2.24) is 15.2 Å². The number of rotatable bonds is 7. The minimum Gasteiger partial charge on any atom is -0.379 e.